The van der Waals surface area contributed by atoms with Crippen LogP contribution < -0.4 is 4.90 Å². The molecule has 1 aromatic heterocycles. The van der Waals surface area contributed by atoms with Crippen LogP contribution >= 0.6 is 11.6 Å². The summed E-state index contributed by atoms with van der Waals surface area (Å²) in [6.07, 6.45) is 6.55. The lowest BCUT2D eigenvalue weighted by Crippen LogP contribution is -2.25. The summed E-state index contributed by atoms with van der Waals surface area (Å²) in [5.41, 5.74) is 0. The Bertz CT molecular complexity index is 339. The molecule has 0 aromatic carbocycles. The molecule has 1 atom stereocenters. The van der Waals surface area contributed by atoms with Crippen LogP contribution in [0.5, 0.6) is 0 Å². The molecule has 1 unspecified atom stereocenters. The number of anilines is 1. The van der Waals surface area contributed by atoms with Gasteiger partial charge in [-0.05, 0) is 37.3 Å². The van der Waals surface area contributed by atoms with Crippen LogP contribution in [0.1, 0.15) is 39.0 Å². The van der Waals surface area contributed by atoms with Gasteiger partial charge < -0.3 is 4.90 Å². The van der Waals surface area contributed by atoms with Crippen LogP contribution in [0.25, 0.3) is 0 Å². The van der Waals surface area contributed by atoms with Crippen LogP contribution in [0.15, 0.2) is 12.1 Å². The van der Waals surface area contributed by atoms with Crippen molar-refractivity contribution in [2.45, 2.75) is 39.0 Å². The third kappa shape index (κ3) is 3.56. The highest BCUT2D eigenvalue weighted by Crippen LogP contribution is 2.24. The molecule has 1 aromatic rings. The van der Waals surface area contributed by atoms with Crippen molar-refractivity contribution in [3.05, 3.63) is 17.3 Å². The van der Waals surface area contributed by atoms with E-state index in [-0.39, 0.29) is 0 Å². The minimum absolute atomic E-state index is 0.465. The van der Waals surface area contributed by atoms with Crippen molar-refractivity contribution >= 4 is 17.4 Å². The van der Waals surface area contributed by atoms with E-state index in [2.05, 4.69) is 22.0 Å². The van der Waals surface area contributed by atoms with Gasteiger partial charge in [-0.25, -0.2) is 0 Å². The Morgan fingerprint density at radius 3 is 2.88 bits per heavy atom. The number of aromatic nitrogens is 2. The van der Waals surface area contributed by atoms with Crippen LogP contribution in [0.3, 0.4) is 0 Å². The second-order valence-corrected chi connectivity index (χ2v) is 5.17. The zero-order chi connectivity index (χ0) is 12.1. The molecular formula is C13H20ClN3. The third-order valence-electron chi connectivity index (χ3n) is 3.49. The van der Waals surface area contributed by atoms with Crippen molar-refractivity contribution in [3.8, 4) is 0 Å². The maximum absolute atomic E-state index is 5.76. The van der Waals surface area contributed by atoms with Crippen LogP contribution in [0.4, 0.5) is 5.82 Å². The smallest absolute Gasteiger partial charge is 0.151 e. The standard InChI is InChI=1S/C13H20ClN3/c1-2-4-11-5-3-9-17(10-8-11)13-7-6-12(14)15-16-13/h6-7,11H,2-5,8-10H2,1H3. The molecule has 1 saturated heterocycles. The van der Waals surface area contributed by atoms with Gasteiger partial charge in [-0.2, -0.15) is 0 Å². The molecule has 0 saturated carbocycles. The summed E-state index contributed by atoms with van der Waals surface area (Å²) in [6.45, 7) is 4.46. The van der Waals surface area contributed by atoms with Gasteiger partial charge in [0.05, 0.1) is 0 Å². The predicted molar refractivity (Wildman–Crippen MR) is 71.5 cm³/mol. The molecule has 94 valence electrons. The molecule has 0 aliphatic carbocycles. The van der Waals surface area contributed by atoms with E-state index < -0.39 is 0 Å². The first-order chi connectivity index (χ1) is 8.29. The maximum Gasteiger partial charge on any atom is 0.151 e. The van der Waals surface area contributed by atoms with Gasteiger partial charge in [0, 0.05) is 13.1 Å². The third-order valence-corrected chi connectivity index (χ3v) is 3.69. The lowest BCUT2D eigenvalue weighted by molar-refractivity contribution is 0.435. The normalized spacial score (nSPS) is 21.3. The van der Waals surface area contributed by atoms with Gasteiger partial charge >= 0.3 is 0 Å². The van der Waals surface area contributed by atoms with Crippen molar-refractivity contribution in [2.24, 2.45) is 5.92 Å². The summed E-state index contributed by atoms with van der Waals surface area (Å²) in [7, 11) is 0. The first kappa shape index (κ1) is 12.6. The molecule has 0 amide bonds. The summed E-state index contributed by atoms with van der Waals surface area (Å²) in [6, 6.07) is 3.79. The number of nitrogens with zero attached hydrogens (tertiary/aromatic N) is 3. The highest BCUT2D eigenvalue weighted by atomic mass is 35.5. The Morgan fingerprint density at radius 2 is 2.18 bits per heavy atom. The van der Waals surface area contributed by atoms with E-state index in [0.717, 1.165) is 24.8 Å². The summed E-state index contributed by atoms with van der Waals surface area (Å²) in [4.78, 5) is 2.33. The van der Waals surface area contributed by atoms with Gasteiger partial charge in [-0.15, -0.1) is 10.2 Å². The molecule has 0 N–H and O–H groups in total. The molecule has 1 aliphatic heterocycles. The van der Waals surface area contributed by atoms with Crippen LogP contribution in [-0.2, 0) is 0 Å². The van der Waals surface area contributed by atoms with Gasteiger partial charge in [0.1, 0.15) is 0 Å². The number of hydrogen-bond acceptors (Lipinski definition) is 3. The van der Waals surface area contributed by atoms with Crippen molar-refractivity contribution in [1.82, 2.24) is 10.2 Å². The fourth-order valence-corrected chi connectivity index (χ4v) is 2.67. The Kier molecular flexibility index (Phi) is 4.60. The Labute approximate surface area is 108 Å². The molecule has 1 aliphatic rings. The first-order valence-electron chi connectivity index (χ1n) is 6.53. The van der Waals surface area contributed by atoms with E-state index in [4.69, 9.17) is 11.6 Å². The molecule has 2 heterocycles. The Morgan fingerprint density at radius 1 is 1.29 bits per heavy atom. The van der Waals surface area contributed by atoms with Gasteiger partial charge in [-0.3, -0.25) is 0 Å². The van der Waals surface area contributed by atoms with Crippen molar-refractivity contribution in [3.63, 3.8) is 0 Å². The van der Waals surface area contributed by atoms with E-state index in [1.165, 1.54) is 32.1 Å². The molecule has 3 nitrogen and oxygen atoms in total. The van der Waals surface area contributed by atoms with Crippen LogP contribution in [-0.4, -0.2) is 23.3 Å². The largest absolute Gasteiger partial charge is 0.355 e. The minimum atomic E-state index is 0.465. The molecule has 0 radical (unpaired) electrons. The van der Waals surface area contributed by atoms with E-state index in [9.17, 15) is 0 Å². The first-order valence-corrected chi connectivity index (χ1v) is 6.91. The highest BCUT2D eigenvalue weighted by molar-refractivity contribution is 6.29. The summed E-state index contributed by atoms with van der Waals surface area (Å²) >= 11 is 5.76. The zero-order valence-electron chi connectivity index (χ0n) is 10.4. The summed E-state index contributed by atoms with van der Waals surface area (Å²) in [5.74, 6) is 1.86. The van der Waals surface area contributed by atoms with E-state index in [1.54, 1.807) is 0 Å². The lowest BCUT2D eigenvalue weighted by atomic mass is 9.96. The SMILES string of the molecule is CCCC1CCCN(c2ccc(Cl)nn2)CC1. The van der Waals surface area contributed by atoms with E-state index >= 15 is 0 Å². The second-order valence-electron chi connectivity index (χ2n) is 4.79. The average Bonchev–Trinajstić information content (AvgIpc) is 2.56. The maximum atomic E-state index is 5.76. The lowest BCUT2D eigenvalue weighted by Gasteiger charge is -2.20. The highest BCUT2D eigenvalue weighted by Gasteiger charge is 2.17. The van der Waals surface area contributed by atoms with E-state index in [0.29, 0.717) is 5.15 Å². The van der Waals surface area contributed by atoms with Gasteiger partial charge in [-0.1, -0.05) is 31.4 Å². The number of halogens is 1. The summed E-state index contributed by atoms with van der Waals surface area (Å²) < 4.78 is 0. The van der Waals surface area contributed by atoms with E-state index in [1.807, 2.05) is 12.1 Å². The topological polar surface area (TPSA) is 29.0 Å². The van der Waals surface area contributed by atoms with Crippen molar-refractivity contribution < 1.29 is 0 Å². The van der Waals surface area contributed by atoms with Crippen LogP contribution in [0.2, 0.25) is 5.15 Å². The van der Waals surface area contributed by atoms with Gasteiger partial charge in [0.25, 0.3) is 0 Å². The summed E-state index contributed by atoms with van der Waals surface area (Å²) in [5, 5.41) is 8.54. The quantitative estimate of drug-likeness (QED) is 0.825. The van der Waals surface area contributed by atoms with Gasteiger partial charge in [0.2, 0.25) is 0 Å². The fraction of sp³-hybridized carbons (Fsp3) is 0.692. The van der Waals surface area contributed by atoms with Gasteiger partial charge in [0.15, 0.2) is 11.0 Å². The molecule has 0 spiro atoms. The molecule has 4 heteroatoms. The van der Waals surface area contributed by atoms with Crippen molar-refractivity contribution in [1.29, 1.82) is 0 Å². The van der Waals surface area contributed by atoms with Crippen molar-refractivity contribution in [2.75, 3.05) is 18.0 Å². The Hall–Kier alpha value is -0.830. The molecule has 17 heavy (non-hydrogen) atoms. The average molecular weight is 254 g/mol. The minimum Gasteiger partial charge on any atom is -0.355 e. The second kappa shape index (κ2) is 6.20. The number of hydrogen-bond donors (Lipinski definition) is 0. The Balaban J connectivity index is 1.96. The van der Waals surface area contributed by atoms with Crippen LogP contribution in [0, 0.1) is 5.92 Å². The molecule has 1 fully saturated rings. The number of rotatable bonds is 3. The fourth-order valence-electron chi connectivity index (χ4n) is 2.57. The molecule has 0 bridgehead atoms. The molecule has 2 rings (SSSR count). The zero-order valence-corrected chi connectivity index (χ0v) is 11.2. The predicted octanol–water partition coefficient (Wildman–Crippen LogP) is 3.54. The molecular weight excluding hydrogens is 234 g/mol. The monoisotopic (exact) mass is 253 g/mol.